The molecule has 3 heterocycles. The normalized spacial score (nSPS) is 20.3. The van der Waals surface area contributed by atoms with E-state index in [4.69, 9.17) is 5.11 Å². The summed E-state index contributed by atoms with van der Waals surface area (Å²) in [5.74, 6) is -1.37. The van der Waals surface area contributed by atoms with Gasteiger partial charge in [-0.15, -0.1) is 0 Å². The molecule has 164 valence electrons. The minimum Gasteiger partial charge on any atom is -0.481 e. The molecule has 32 heavy (non-hydrogen) atoms. The molecule has 0 aliphatic carbocycles. The van der Waals surface area contributed by atoms with Gasteiger partial charge in [-0.05, 0) is 41.8 Å². The van der Waals surface area contributed by atoms with Gasteiger partial charge in [0, 0.05) is 48.0 Å². The van der Waals surface area contributed by atoms with Gasteiger partial charge in [-0.25, -0.2) is 0 Å². The number of nitrogens with zero attached hydrogens (tertiary/aromatic N) is 1. The molecule has 4 N–H and O–H groups in total. The SMILES string of the molecule is CN1Cc2cc(C(=O)C3NCCc4c3[nH]c3ccccc43)ccc2NC(CC(=O)O)C1=O. The number of aromatic amines is 1. The summed E-state index contributed by atoms with van der Waals surface area (Å²) in [6.45, 7) is 1.01. The largest absolute Gasteiger partial charge is 0.481 e. The van der Waals surface area contributed by atoms with Crippen molar-refractivity contribution in [1.29, 1.82) is 0 Å². The maximum Gasteiger partial charge on any atom is 0.305 e. The van der Waals surface area contributed by atoms with Gasteiger partial charge in [-0.2, -0.15) is 0 Å². The number of Topliss-reactive ketones (excluding diaryl/α,β-unsaturated/α-hetero) is 1. The maximum absolute atomic E-state index is 13.5. The molecule has 0 saturated heterocycles. The number of carbonyl (C=O) groups excluding carboxylic acids is 2. The predicted octanol–water partition coefficient (Wildman–Crippen LogP) is 2.46. The Hall–Kier alpha value is -3.65. The number of hydrogen-bond acceptors (Lipinski definition) is 5. The topological polar surface area (TPSA) is 115 Å². The molecule has 3 aromatic rings. The summed E-state index contributed by atoms with van der Waals surface area (Å²) in [6, 6.07) is 12.1. The Kier molecular flexibility index (Phi) is 4.94. The van der Waals surface area contributed by atoms with E-state index in [0.29, 0.717) is 24.3 Å². The molecule has 0 saturated carbocycles. The van der Waals surface area contributed by atoms with E-state index in [1.54, 1.807) is 25.2 Å². The molecule has 2 aliphatic rings. The summed E-state index contributed by atoms with van der Waals surface area (Å²) in [7, 11) is 1.64. The van der Waals surface area contributed by atoms with Crippen LogP contribution in [0.4, 0.5) is 5.69 Å². The van der Waals surface area contributed by atoms with Gasteiger partial charge in [0.15, 0.2) is 5.78 Å². The number of para-hydroxylation sites is 1. The first-order valence-electron chi connectivity index (χ1n) is 10.7. The second-order valence-corrected chi connectivity index (χ2v) is 8.43. The summed E-state index contributed by atoms with van der Waals surface area (Å²) in [5, 5.41) is 16.7. The van der Waals surface area contributed by atoms with E-state index >= 15 is 0 Å². The Morgan fingerprint density at radius 3 is 2.81 bits per heavy atom. The number of benzene rings is 2. The van der Waals surface area contributed by atoms with Crippen molar-refractivity contribution in [2.24, 2.45) is 0 Å². The Balaban J connectivity index is 1.48. The van der Waals surface area contributed by atoms with Crippen molar-refractivity contribution in [3.8, 4) is 0 Å². The van der Waals surface area contributed by atoms with Crippen LogP contribution in [-0.4, -0.2) is 52.3 Å². The highest BCUT2D eigenvalue weighted by atomic mass is 16.4. The first-order valence-corrected chi connectivity index (χ1v) is 10.7. The highest BCUT2D eigenvalue weighted by molar-refractivity contribution is 6.02. The van der Waals surface area contributed by atoms with Crippen LogP contribution in [0.2, 0.25) is 0 Å². The Labute approximate surface area is 184 Å². The third kappa shape index (κ3) is 3.42. The number of aliphatic carboxylic acids is 1. The predicted molar refractivity (Wildman–Crippen MR) is 120 cm³/mol. The first-order chi connectivity index (χ1) is 15.4. The number of carboxylic acids is 1. The van der Waals surface area contributed by atoms with Crippen LogP contribution in [0, 0.1) is 0 Å². The molecule has 1 aromatic heterocycles. The molecule has 8 heteroatoms. The molecule has 1 amide bonds. The zero-order valence-corrected chi connectivity index (χ0v) is 17.6. The van der Waals surface area contributed by atoms with Crippen LogP contribution in [0.3, 0.4) is 0 Å². The minimum absolute atomic E-state index is 0.0411. The summed E-state index contributed by atoms with van der Waals surface area (Å²) >= 11 is 0. The average molecular weight is 432 g/mol. The number of carbonyl (C=O) groups is 3. The number of carboxylic acid groups (broad SMARTS) is 1. The van der Waals surface area contributed by atoms with Gasteiger partial charge in [0.05, 0.1) is 6.42 Å². The Bertz CT molecular complexity index is 1250. The fourth-order valence-corrected chi connectivity index (χ4v) is 4.75. The lowest BCUT2D eigenvalue weighted by Crippen LogP contribution is -2.39. The second kappa shape index (κ2) is 7.80. The Morgan fingerprint density at radius 2 is 2.00 bits per heavy atom. The monoisotopic (exact) mass is 432 g/mol. The summed E-state index contributed by atoms with van der Waals surface area (Å²) in [6.07, 6.45) is 0.549. The van der Waals surface area contributed by atoms with Crippen molar-refractivity contribution in [3.05, 3.63) is 64.8 Å². The lowest BCUT2D eigenvalue weighted by molar-refractivity contribution is -0.141. The third-order valence-electron chi connectivity index (χ3n) is 6.30. The average Bonchev–Trinajstić information content (AvgIpc) is 3.12. The molecular weight excluding hydrogens is 408 g/mol. The van der Waals surface area contributed by atoms with E-state index in [2.05, 4.69) is 21.7 Å². The fraction of sp³-hybridized carbons (Fsp3) is 0.292. The molecule has 2 aromatic carbocycles. The van der Waals surface area contributed by atoms with Crippen LogP contribution in [0.5, 0.6) is 0 Å². The molecule has 2 unspecified atom stereocenters. The second-order valence-electron chi connectivity index (χ2n) is 8.43. The summed E-state index contributed by atoms with van der Waals surface area (Å²) in [5.41, 5.74) is 5.11. The molecular formula is C24H24N4O4. The number of hydrogen-bond donors (Lipinski definition) is 4. The van der Waals surface area contributed by atoms with Crippen LogP contribution < -0.4 is 10.6 Å². The number of nitrogens with one attached hydrogen (secondary N) is 3. The van der Waals surface area contributed by atoms with E-state index in [1.165, 1.54) is 10.5 Å². The van der Waals surface area contributed by atoms with Crippen LogP contribution in [0.25, 0.3) is 10.9 Å². The number of amides is 1. The zero-order valence-electron chi connectivity index (χ0n) is 17.6. The van der Waals surface area contributed by atoms with E-state index in [9.17, 15) is 14.4 Å². The van der Waals surface area contributed by atoms with Crippen molar-refractivity contribution in [2.45, 2.75) is 31.5 Å². The molecule has 2 aliphatic heterocycles. The standard InChI is InChI=1S/C24H24N4O4/c1-28-12-14-10-13(6-7-17(14)26-19(24(28)32)11-20(29)30)23(31)22-21-16(8-9-25-22)15-4-2-3-5-18(15)27-21/h2-7,10,19,22,25-27H,8-9,11-12H2,1H3,(H,29,30). The molecule has 0 spiro atoms. The number of ketones is 1. The van der Waals surface area contributed by atoms with Crippen LogP contribution >= 0.6 is 0 Å². The van der Waals surface area contributed by atoms with Crippen LogP contribution in [0.15, 0.2) is 42.5 Å². The lowest BCUT2D eigenvalue weighted by Gasteiger charge is -2.24. The molecule has 8 nitrogen and oxygen atoms in total. The van der Waals surface area contributed by atoms with Crippen LogP contribution in [0.1, 0.15) is 39.6 Å². The number of H-pyrrole nitrogens is 1. The summed E-state index contributed by atoms with van der Waals surface area (Å²) < 4.78 is 0. The highest BCUT2D eigenvalue weighted by Gasteiger charge is 2.32. The van der Waals surface area contributed by atoms with Crippen molar-refractivity contribution < 1.29 is 19.5 Å². The third-order valence-corrected chi connectivity index (χ3v) is 6.30. The van der Waals surface area contributed by atoms with E-state index < -0.39 is 18.1 Å². The summed E-state index contributed by atoms with van der Waals surface area (Å²) in [4.78, 5) is 42.1. The van der Waals surface area contributed by atoms with Gasteiger partial charge in [0.25, 0.3) is 0 Å². The van der Waals surface area contributed by atoms with Crippen molar-refractivity contribution in [3.63, 3.8) is 0 Å². The lowest BCUT2D eigenvalue weighted by atomic mass is 9.93. The van der Waals surface area contributed by atoms with Crippen molar-refractivity contribution >= 4 is 34.3 Å². The smallest absolute Gasteiger partial charge is 0.305 e. The van der Waals surface area contributed by atoms with E-state index in [-0.39, 0.29) is 18.1 Å². The van der Waals surface area contributed by atoms with E-state index in [0.717, 1.165) is 28.6 Å². The minimum atomic E-state index is -1.04. The van der Waals surface area contributed by atoms with Gasteiger partial charge in [0.1, 0.15) is 12.1 Å². The molecule has 5 rings (SSSR count). The van der Waals surface area contributed by atoms with Gasteiger partial charge in [0.2, 0.25) is 5.91 Å². The van der Waals surface area contributed by atoms with Gasteiger partial charge in [-0.1, -0.05) is 18.2 Å². The van der Waals surface area contributed by atoms with Gasteiger partial charge < -0.3 is 25.6 Å². The van der Waals surface area contributed by atoms with Crippen LogP contribution in [-0.2, 0) is 22.6 Å². The number of aromatic nitrogens is 1. The maximum atomic E-state index is 13.5. The number of fused-ring (bicyclic) bond motifs is 4. The fourth-order valence-electron chi connectivity index (χ4n) is 4.75. The zero-order chi connectivity index (χ0) is 22.4. The van der Waals surface area contributed by atoms with Crippen molar-refractivity contribution in [2.75, 3.05) is 18.9 Å². The molecule has 2 atom stereocenters. The highest BCUT2D eigenvalue weighted by Crippen LogP contribution is 2.33. The van der Waals surface area contributed by atoms with E-state index in [1.807, 2.05) is 18.2 Å². The number of anilines is 1. The molecule has 0 radical (unpaired) electrons. The Morgan fingerprint density at radius 1 is 1.19 bits per heavy atom. The number of likely N-dealkylation sites (N-methyl/N-ethyl adjacent to an activating group) is 1. The van der Waals surface area contributed by atoms with Gasteiger partial charge >= 0.3 is 5.97 Å². The molecule has 0 fully saturated rings. The molecule has 0 bridgehead atoms. The quantitative estimate of drug-likeness (QED) is 0.471. The number of rotatable bonds is 4. The first kappa shape index (κ1) is 20.3. The van der Waals surface area contributed by atoms with Crippen molar-refractivity contribution in [1.82, 2.24) is 15.2 Å². The van der Waals surface area contributed by atoms with Gasteiger partial charge in [-0.3, -0.25) is 14.4 Å².